The molecule has 2 fully saturated rings. The van der Waals surface area contributed by atoms with Gasteiger partial charge < -0.3 is 5.32 Å². The molecule has 1 saturated heterocycles. The maximum Gasteiger partial charge on any atom is 0.252 e. The lowest BCUT2D eigenvalue weighted by molar-refractivity contribution is 0.196. The first kappa shape index (κ1) is 22.0. The van der Waals surface area contributed by atoms with E-state index in [1.807, 2.05) is 6.92 Å². The van der Waals surface area contributed by atoms with Crippen molar-refractivity contribution in [3.63, 3.8) is 0 Å². The van der Waals surface area contributed by atoms with Crippen LogP contribution in [0.1, 0.15) is 50.6 Å². The molecule has 1 aliphatic heterocycles. The summed E-state index contributed by atoms with van der Waals surface area (Å²) in [7, 11) is -3.47. The summed E-state index contributed by atoms with van der Waals surface area (Å²) in [5.74, 6) is 0.834. The Morgan fingerprint density at radius 2 is 1.88 bits per heavy atom. The van der Waals surface area contributed by atoms with Gasteiger partial charge in [0.15, 0.2) is 0 Å². The molecule has 174 valence electrons. The molecule has 0 unspecified atom stereocenters. The zero-order valence-corrected chi connectivity index (χ0v) is 19.8. The number of nitrogens with zero attached hydrogens (tertiary/aromatic N) is 4. The van der Waals surface area contributed by atoms with E-state index in [4.69, 9.17) is 0 Å². The summed E-state index contributed by atoms with van der Waals surface area (Å²) in [5, 5.41) is 4.03. The van der Waals surface area contributed by atoms with E-state index in [9.17, 15) is 13.2 Å². The van der Waals surface area contributed by atoms with Crippen molar-refractivity contribution in [2.75, 3.05) is 18.4 Å². The van der Waals surface area contributed by atoms with E-state index in [0.717, 1.165) is 48.7 Å². The Labute approximate surface area is 193 Å². The molecule has 0 bridgehead atoms. The Balaban J connectivity index is 1.43. The molecule has 0 amide bonds. The monoisotopic (exact) mass is 467 g/mol. The molecule has 0 atom stereocenters. The number of fused-ring (bicyclic) bond motifs is 1. The summed E-state index contributed by atoms with van der Waals surface area (Å²) >= 11 is 0. The van der Waals surface area contributed by atoms with Gasteiger partial charge in [0.25, 0.3) is 5.56 Å². The third kappa shape index (κ3) is 4.04. The summed E-state index contributed by atoms with van der Waals surface area (Å²) in [5.41, 5.74) is 2.11. The third-order valence-corrected chi connectivity index (χ3v) is 8.77. The van der Waals surface area contributed by atoms with Crippen LogP contribution in [0, 0.1) is 12.8 Å². The number of anilines is 2. The predicted molar refractivity (Wildman–Crippen MR) is 128 cm³/mol. The number of benzene rings is 1. The second-order valence-electron chi connectivity index (χ2n) is 9.15. The maximum absolute atomic E-state index is 12.9. The fourth-order valence-electron chi connectivity index (χ4n) is 4.80. The van der Waals surface area contributed by atoms with Crippen molar-refractivity contribution in [3.05, 3.63) is 52.4 Å². The molecule has 1 aliphatic carbocycles. The summed E-state index contributed by atoms with van der Waals surface area (Å²) in [4.78, 5) is 22.0. The Kier molecular flexibility index (Phi) is 5.70. The van der Waals surface area contributed by atoms with Gasteiger partial charge >= 0.3 is 0 Å². The van der Waals surface area contributed by atoms with Gasteiger partial charge in [0.2, 0.25) is 16.0 Å². The Morgan fingerprint density at radius 1 is 1.12 bits per heavy atom. The Bertz CT molecular complexity index is 1360. The number of hydrogen-bond acceptors (Lipinski definition) is 6. The fourth-order valence-corrected chi connectivity index (χ4v) is 6.48. The second kappa shape index (κ2) is 8.53. The lowest BCUT2D eigenvalue weighted by atomic mass is 10.0. The number of aromatic nitrogens is 3. The summed E-state index contributed by atoms with van der Waals surface area (Å²) in [6, 6.07) is 8.58. The van der Waals surface area contributed by atoms with E-state index in [1.54, 1.807) is 41.1 Å². The van der Waals surface area contributed by atoms with Gasteiger partial charge in [-0.2, -0.15) is 9.29 Å². The van der Waals surface area contributed by atoms with E-state index in [2.05, 4.69) is 22.2 Å². The van der Waals surface area contributed by atoms with Gasteiger partial charge in [0, 0.05) is 42.5 Å². The highest BCUT2D eigenvalue weighted by atomic mass is 32.2. The van der Waals surface area contributed by atoms with Crippen LogP contribution in [0.15, 0.2) is 46.2 Å². The van der Waals surface area contributed by atoms with Crippen LogP contribution in [-0.2, 0) is 10.0 Å². The second-order valence-corrected chi connectivity index (χ2v) is 11.1. The maximum atomic E-state index is 12.9. The van der Waals surface area contributed by atoms with Crippen molar-refractivity contribution >= 4 is 32.7 Å². The van der Waals surface area contributed by atoms with Gasteiger partial charge in [-0.15, -0.1) is 0 Å². The van der Waals surface area contributed by atoms with Gasteiger partial charge in [-0.05, 0) is 55.5 Å². The van der Waals surface area contributed by atoms with Crippen LogP contribution in [0.25, 0.3) is 11.0 Å². The molecule has 3 heterocycles. The molecule has 1 aromatic carbocycles. The molecule has 2 aliphatic rings. The average Bonchev–Trinajstić information content (AvgIpc) is 3.28. The number of nitrogens with one attached hydrogen (secondary N) is 1. The van der Waals surface area contributed by atoms with Crippen LogP contribution < -0.4 is 10.9 Å². The van der Waals surface area contributed by atoms with Crippen molar-refractivity contribution in [2.24, 2.45) is 5.92 Å². The quantitative estimate of drug-likeness (QED) is 0.589. The first-order valence-electron chi connectivity index (χ1n) is 11.6. The predicted octanol–water partition coefficient (Wildman–Crippen LogP) is 3.99. The smallest absolute Gasteiger partial charge is 0.252 e. The van der Waals surface area contributed by atoms with Crippen molar-refractivity contribution in [2.45, 2.75) is 56.9 Å². The van der Waals surface area contributed by atoms with Crippen LogP contribution in [0.4, 0.5) is 11.6 Å². The summed E-state index contributed by atoms with van der Waals surface area (Å²) in [6.07, 6.45) is 6.92. The molecule has 3 aromatic rings. The van der Waals surface area contributed by atoms with Crippen LogP contribution in [-0.4, -0.2) is 40.3 Å². The lowest BCUT2D eigenvalue weighted by Gasteiger charge is -2.37. The Morgan fingerprint density at radius 3 is 2.58 bits per heavy atom. The minimum absolute atomic E-state index is 0.0407. The Hall–Kier alpha value is -2.78. The van der Waals surface area contributed by atoms with Crippen LogP contribution in [0.5, 0.6) is 0 Å². The summed E-state index contributed by atoms with van der Waals surface area (Å²) < 4.78 is 29.1. The first-order valence-corrected chi connectivity index (χ1v) is 13.1. The average molecular weight is 468 g/mol. The molecule has 5 rings (SSSR count). The molecule has 8 nitrogen and oxygen atoms in total. The molecule has 9 heteroatoms. The SMILES string of the molecule is CCC1CN(S(=O)(=O)c2ccc(Nc3ncc4ccc(=O)n(C5CCCC5)c4n3)c(C)c2)C1. The minimum atomic E-state index is -3.47. The molecule has 1 saturated carbocycles. The first-order chi connectivity index (χ1) is 15.9. The van der Waals surface area contributed by atoms with Crippen molar-refractivity contribution in [1.82, 2.24) is 18.8 Å². The highest BCUT2D eigenvalue weighted by Crippen LogP contribution is 2.31. The molecule has 2 aromatic heterocycles. The standard InChI is InChI=1S/C24H29N5O3S/c1-3-17-14-28(15-17)33(31,32)20-9-10-21(16(2)12-20)26-24-25-13-18-8-11-22(30)29(23(18)27-24)19-6-4-5-7-19/h8-13,17,19H,3-7,14-15H2,1-2H3,(H,25,26,27). The van der Waals surface area contributed by atoms with Crippen LogP contribution >= 0.6 is 0 Å². The molecule has 33 heavy (non-hydrogen) atoms. The van der Waals surface area contributed by atoms with Crippen molar-refractivity contribution in [1.29, 1.82) is 0 Å². The zero-order chi connectivity index (χ0) is 23.2. The molecular weight excluding hydrogens is 438 g/mol. The van der Waals surface area contributed by atoms with E-state index in [0.29, 0.717) is 35.5 Å². The van der Waals surface area contributed by atoms with E-state index >= 15 is 0 Å². The molecule has 0 radical (unpaired) electrons. The van der Waals surface area contributed by atoms with Gasteiger partial charge in [-0.25, -0.2) is 13.4 Å². The number of pyridine rings is 1. The van der Waals surface area contributed by atoms with Gasteiger partial charge in [0.1, 0.15) is 5.65 Å². The lowest BCUT2D eigenvalue weighted by Crippen LogP contribution is -2.49. The van der Waals surface area contributed by atoms with E-state index in [-0.39, 0.29) is 11.6 Å². The minimum Gasteiger partial charge on any atom is -0.324 e. The highest BCUT2D eigenvalue weighted by molar-refractivity contribution is 7.89. The number of sulfonamides is 1. The largest absolute Gasteiger partial charge is 0.324 e. The van der Waals surface area contributed by atoms with Gasteiger partial charge in [0.05, 0.1) is 4.90 Å². The van der Waals surface area contributed by atoms with Gasteiger partial charge in [-0.3, -0.25) is 9.36 Å². The normalized spacial score (nSPS) is 18.0. The van der Waals surface area contributed by atoms with Crippen LogP contribution in [0.2, 0.25) is 0 Å². The summed E-state index contributed by atoms with van der Waals surface area (Å²) in [6.45, 7) is 5.13. The molecular formula is C24H29N5O3S. The molecule has 1 N–H and O–H groups in total. The number of hydrogen-bond donors (Lipinski definition) is 1. The fraction of sp³-hybridized carbons (Fsp3) is 0.458. The number of rotatable bonds is 6. The van der Waals surface area contributed by atoms with Gasteiger partial charge in [-0.1, -0.05) is 26.2 Å². The number of aryl methyl sites for hydroxylation is 1. The van der Waals surface area contributed by atoms with Crippen molar-refractivity contribution in [3.8, 4) is 0 Å². The van der Waals surface area contributed by atoms with E-state index < -0.39 is 10.0 Å². The highest BCUT2D eigenvalue weighted by Gasteiger charge is 2.35. The van der Waals surface area contributed by atoms with Crippen LogP contribution in [0.3, 0.4) is 0 Å². The zero-order valence-electron chi connectivity index (χ0n) is 19.0. The van der Waals surface area contributed by atoms with Crippen molar-refractivity contribution < 1.29 is 8.42 Å². The van der Waals surface area contributed by atoms with E-state index in [1.165, 1.54) is 4.31 Å². The topological polar surface area (TPSA) is 97.2 Å². The molecule has 0 spiro atoms. The third-order valence-electron chi connectivity index (χ3n) is 6.94.